The van der Waals surface area contributed by atoms with E-state index in [1.54, 1.807) is 11.1 Å². The van der Waals surface area contributed by atoms with Crippen molar-refractivity contribution in [1.29, 1.82) is 0 Å². The molecule has 0 unspecified atom stereocenters. The summed E-state index contributed by atoms with van der Waals surface area (Å²) in [6.07, 6.45) is 13.9. The van der Waals surface area contributed by atoms with Crippen molar-refractivity contribution in [1.82, 2.24) is 0 Å². The third-order valence-electron chi connectivity index (χ3n) is 13.1. The Morgan fingerprint density at radius 3 is 1.06 bits per heavy atom. The fourth-order valence-corrected chi connectivity index (χ4v) is 9.94. The fourth-order valence-electron chi connectivity index (χ4n) is 9.94. The van der Waals surface area contributed by atoms with Gasteiger partial charge in [-0.2, -0.15) is 12.1 Å². The second kappa shape index (κ2) is 26.5. The van der Waals surface area contributed by atoms with E-state index >= 15 is 0 Å². The average Bonchev–Trinajstić information content (AvgIpc) is 3.98. The largest absolute Gasteiger partial charge is 0.164 e. The fraction of sp³-hybridized carbons (Fsp3) is 0.290. The van der Waals surface area contributed by atoms with Crippen molar-refractivity contribution in [2.24, 2.45) is 0 Å². The van der Waals surface area contributed by atoms with E-state index in [1.807, 2.05) is 65.8 Å². The van der Waals surface area contributed by atoms with E-state index in [9.17, 15) is 10.2 Å². The molecule has 0 amide bonds. The van der Waals surface area contributed by atoms with Crippen molar-refractivity contribution in [3.8, 4) is 33.8 Å². The second-order valence-corrected chi connectivity index (χ2v) is 18.1. The van der Waals surface area contributed by atoms with Crippen LogP contribution in [0.1, 0.15) is 121 Å². The van der Waals surface area contributed by atoms with E-state index in [-0.39, 0.29) is 14.9 Å². The molecule has 0 heterocycles. The zero-order valence-electron chi connectivity index (χ0n) is 41.0. The van der Waals surface area contributed by atoms with E-state index < -0.39 is 0 Å². The Balaban J connectivity index is 0.000000199. The molecule has 2 saturated carbocycles. The Labute approximate surface area is 415 Å². The first-order valence-electron chi connectivity index (χ1n) is 23.3. The first-order chi connectivity index (χ1) is 31.0. The quantitative estimate of drug-likeness (QED) is 0.136. The minimum atomic E-state index is 0. The number of phenolic OH excluding ortho intramolecular Hbond substituents is 2. The van der Waals surface area contributed by atoms with E-state index in [1.165, 1.54) is 142 Å². The first kappa shape index (κ1) is 53.9. The summed E-state index contributed by atoms with van der Waals surface area (Å²) in [6.45, 7) is 14.8. The van der Waals surface area contributed by atoms with Crippen LogP contribution in [-0.4, -0.2) is 17.1 Å². The van der Waals surface area contributed by atoms with Crippen molar-refractivity contribution in [3.63, 3.8) is 0 Å². The predicted octanol–water partition coefficient (Wildman–Crippen LogP) is 17.7. The van der Waals surface area contributed by atoms with Gasteiger partial charge in [0.2, 0.25) is 0 Å². The predicted molar refractivity (Wildman–Crippen MR) is 285 cm³/mol. The van der Waals surface area contributed by atoms with Gasteiger partial charge >= 0.3 is 30.2 Å². The Kier molecular flexibility index (Phi) is 21.7. The molecule has 2 radical (unpaired) electrons. The van der Waals surface area contributed by atoms with E-state index in [0.29, 0.717) is 11.5 Å². The molecular weight excluding hydrogens is 896 g/mol. The Bertz CT molecular complexity index is 2460. The monoisotopic (exact) mass is 966 g/mol. The maximum Gasteiger partial charge on any atom is -0.0279 e. The molecule has 2 fully saturated rings. The number of rotatable bonds is 4. The molecule has 2 aliphatic carbocycles. The molecule has 66 heavy (non-hydrogen) atoms. The maximum absolute atomic E-state index is 9.33. The van der Waals surface area contributed by atoms with Crippen LogP contribution >= 0.6 is 0 Å². The zero-order chi connectivity index (χ0) is 45.6. The Morgan fingerprint density at radius 2 is 0.742 bits per heavy atom. The van der Waals surface area contributed by atoms with Crippen LogP contribution in [-0.2, 0) is 23.3 Å². The van der Waals surface area contributed by atoms with Gasteiger partial charge in [0.25, 0.3) is 0 Å². The molecule has 0 aliphatic heterocycles. The molecule has 0 bridgehead atoms. The van der Waals surface area contributed by atoms with Crippen LogP contribution in [0.5, 0.6) is 11.5 Å². The van der Waals surface area contributed by atoms with Gasteiger partial charge in [0.1, 0.15) is 11.5 Å². The van der Waals surface area contributed by atoms with E-state index in [0.717, 1.165) is 34.1 Å². The number of aromatic hydroxyl groups is 2. The van der Waals surface area contributed by atoms with Gasteiger partial charge in [-0.05, 0) is 112 Å². The van der Waals surface area contributed by atoms with Crippen molar-refractivity contribution in [3.05, 3.63) is 205 Å². The topological polar surface area (TPSA) is 40.5 Å². The van der Waals surface area contributed by atoms with Gasteiger partial charge in [-0.15, -0.1) is 69.1 Å². The third-order valence-corrected chi connectivity index (χ3v) is 13.1. The average molecular weight is 969 g/mol. The minimum Gasteiger partial charge on any atom is -0.164 e. The summed E-state index contributed by atoms with van der Waals surface area (Å²) in [4.78, 5) is 0. The van der Waals surface area contributed by atoms with Gasteiger partial charge in [0, 0.05) is 0 Å². The molecule has 0 saturated heterocycles. The van der Waals surface area contributed by atoms with Crippen LogP contribution in [0.15, 0.2) is 146 Å². The number of aryl methyl sites for hydroxylation is 6. The van der Waals surface area contributed by atoms with Crippen molar-refractivity contribution >= 4 is 28.4 Å². The molecule has 2 aliphatic rings. The Morgan fingerprint density at radius 1 is 0.424 bits per heavy atom. The molecule has 4 heteroatoms. The van der Waals surface area contributed by atoms with Crippen LogP contribution in [0.2, 0.25) is 0 Å². The molecule has 344 valence electrons. The minimum absolute atomic E-state index is 0. The SMILES string of the molecule is Cc1cc(C)c(O)c(C)c1.Cc1cc(C)c(O)c(C)c1.[CH3-].[CH3-].[Si]=[Zr].c1ccc(-c2cccc3[cH-]c(C4CCCCC4)cc23)cc1.c1ccc(-c2cccc3[cH-]c(C4CCCCC4)cc23)cc1. The Hall–Kier alpha value is -4.76. The second-order valence-electron chi connectivity index (χ2n) is 18.1. The van der Waals surface area contributed by atoms with Crippen molar-refractivity contribution in [2.75, 3.05) is 0 Å². The van der Waals surface area contributed by atoms with Crippen LogP contribution in [0.25, 0.3) is 43.8 Å². The van der Waals surface area contributed by atoms with Crippen LogP contribution in [0.3, 0.4) is 0 Å². The molecule has 2 N–H and O–H groups in total. The van der Waals surface area contributed by atoms with Crippen molar-refractivity contribution in [2.45, 2.75) is 118 Å². The molecule has 0 spiro atoms. The van der Waals surface area contributed by atoms with Gasteiger partial charge < -0.3 is 25.1 Å². The van der Waals surface area contributed by atoms with Gasteiger partial charge in [-0.1, -0.05) is 158 Å². The molecule has 0 atom stereocenters. The van der Waals surface area contributed by atoms with Crippen LogP contribution < -0.4 is 0 Å². The molecule has 10 rings (SSSR count). The molecule has 8 aromatic carbocycles. The summed E-state index contributed by atoms with van der Waals surface area (Å²) in [6, 6.07) is 52.6. The molecule has 0 aromatic heterocycles. The smallest absolute Gasteiger partial charge is 0.0279 e. The van der Waals surface area contributed by atoms with Crippen molar-refractivity contribution < 1.29 is 33.5 Å². The zero-order valence-corrected chi connectivity index (χ0v) is 44.4. The van der Waals surface area contributed by atoms with Gasteiger partial charge in [0.15, 0.2) is 0 Å². The van der Waals surface area contributed by atoms with E-state index in [2.05, 4.69) is 128 Å². The summed E-state index contributed by atoms with van der Waals surface area (Å²) >= 11 is 1.36. The summed E-state index contributed by atoms with van der Waals surface area (Å²) in [5.41, 5.74) is 14.7. The third kappa shape index (κ3) is 14.1. The number of benzene rings is 6. The standard InChI is InChI=1S/2C21H21.2C9H12O.2CH3.Si.Zr/c2*1-3-8-16(9-4-1)19-14-18-12-7-13-20(21(18)15-19)17-10-5-2-6-11-17;2*1-6-4-7(2)9(10)8(3)5-6;;;;/h2*2,5-7,10-16H,1,3-4,8-9H2;2*4-5,10H,1-3H3;2*1H3;;/q2*-1;;;2*-1;;. The van der Waals surface area contributed by atoms with Gasteiger partial charge in [0.05, 0.1) is 0 Å². The summed E-state index contributed by atoms with van der Waals surface area (Å²) in [7, 11) is 0. The van der Waals surface area contributed by atoms with Crippen LogP contribution in [0.4, 0.5) is 0 Å². The van der Waals surface area contributed by atoms with Crippen LogP contribution in [0, 0.1) is 56.4 Å². The normalized spacial score (nSPS) is 13.5. The summed E-state index contributed by atoms with van der Waals surface area (Å²) in [5.74, 6) is 2.42. The maximum atomic E-state index is 9.33. The number of hydrogen-bond acceptors (Lipinski definition) is 2. The van der Waals surface area contributed by atoms with E-state index in [4.69, 9.17) is 0 Å². The number of hydrogen-bond donors (Lipinski definition) is 2. The first-order valence-corrected chi connectivity index (χ1v) is 27.5. The van der Waals surface area contributed by atoms with Gasteiger partial charge in [-0.25, -0.2) is 0 Å². The molecular formula is C62H72O2SiZr-4. The number of phenols is 2. The molecule has 2 nitrogen and oxygen atoms in total. The van der Waals surface area contributed by atoms with Gasteiger partial charge in [-0.3, -0.25) is 0 Å². The summed E-state index contributed by atoms with van der Waals surface area (Å²) in [5, 5.41) is 24.3. The summed E-state index contributed by atoms with van der Waals surface area (Å²) < 4.78 is 0. The molecule has 8 aromatic rings. The number of fused-ring (bicyclic) bond motifs is 2.